The average molecular weight is 263 g/mol. The first kappa shape index (κ1) is 12.7. The molecule has 0 radical (unpaired) electrons. The lowest BCUT2D eigenvalue weighted by Crippen LogP contribution is -2.18. The summed E-state index contributed by atoms with van der Waals surface area (Å²) in [5.74, 6) is 1.78. The van der Waals surface area contributed by atoms with Crippen LogP contribution in [0.25, 0.3) is 0 Å². The highest BCUT2D eigenvalue weighted by Crippen LogP contribution is 2.46. The van der Waals surface area contributed by atoms with Crippen LogP contribution in [0, 0.1) is 5.92 Å². The highest BCUT2D eigenvalue weighted by molar-refractivity contribution is 5.92. The molecular formula is C15H21NO3. The Labute approximate surface area is 113 Å². The first-order valence-corrected chi connectivity index (χ1v) is 7.30. The Balaban J connectivity index is 1.97. The molecule has 1 aromatic heterocycles. The van der Waals surface area contributed by atoms with Crippen LogP contribution in [0.15, 0.2) is 4.52 Å². The van der Waals surface area contributed by atoms with Crippen LogP contribution in [0.5, 0.6) is 0 Å². The predicted molar refractivity (Wildman–Crippen MR) is 70.2 cm³/mol. The first-order chi connectivity index (χ1) is 9.22. The SMILES string of the molecule is COC(=O)c1c(C2CCCCC2C)noc1C1CC1. The summed E-state index contributed by atoms with van der Waals surface area (Å²) >= 11 is 0. The quantitative estimate of drug-likeness (QED) is 0.781. The van der Waals surface area contributed by atoms with Crippen LogP contribution in [0.3, 0.4) is 0 Å². The van der Waals surface area contributed by atoms with E-state index in [4.69, 9.17) is 9.26 Å². The van der Waals surface area contributed by atoms with Crippen molar-refractivity contribution in [1.82, 2.24) is 5.16 Å². The maximum absolute atomic E-state index is 12.1. The van der Waals surface area contributed by atoms with Gasteiger partial charge in [0, 0.05) is 11.8 Å². The van der Waals surface area contributed by atoms with Crippen molar-refractivity contribution in [3.8, 4) is 0 Å². The molecule has 19 heavy (non-hydrogen) atoms. The third-order valence-electron chi connectivity index (χ3n) is 4.55. The van der Waals surface area contributed by atoms with Gasteiger partial charge in [-0.2, -0.15) is 0 Å². The summed E-state index contributed by atoms with van der Waals surface area (Å²) in [5, 5.41) is 4.24. The van der Waals surface area contributed by atoms with E-state index in [0.717, 1.165) is 30.7 Å². The second kappa shape index (κ2) is 4.99. The van der Waals surface area contributed by atoms with Gasteiger partial charge in [-0.1, -0.05) is 31.3 Å². The number of nitrogens with zero attached hydrogens (tertiary/aromatic N) is 1. The minimum atomic E-state index is -0.282. The van der Waals surface area contributed by atoms with E-state index in [0.29, 0.717) is 23.3 Å². The average Bonchev–Trinajstić information content (AvgIpc) is 3.18. The highest BCUT2D eigenvalue weighted by Gasteiger charge is 2.38. The molecule has 2 unspecified atom stereocenters. The Kier molecular flexibility index (Phi) is 3.33. The van der Waals surface area contributed by atoms with E-state index in [1.165, 1.54) is 26.4 Å². The van der Waals surface area contributed by atoms with Gasteiger partial charge in [0.25, 0.3) is 0 Å². The van der Waals surface area contributed by atoms with Gasteiger partial charge < -0.3 is 9.26 Å². The maximum atomic E-state index is 12.1. The minimum Gasteiger partial charge on any atom is -0.465 e. The molecule has 4 nitrogen and oxygen atoms in total. The van der Waals surface area contributed by atoms with Gasteiger partial charge in [0.05, 0.1) is 7.11 Å². The number of carbonyl (C=O) groups is 1. The molecule has 0 aliphatic heterocycles. The summed E-state index contributed by atoms with van der Waals surface area (Å²) in [5.41, 5.74) is 1.48. The zero-order valence-corrected chi connectivity index (χ0v) is 11.6. The molecule has 4 heteroatoms. The van der Waals surface area contributed by atoms with Crippen molar-refractivity contribution >= 4 is 5.97 Å². The topological polar surface area (TPSA) is 52.3 Å². The molecule has 0 saturated heterocycles. The molecule has 0 bridgehead atoms. The molecule has 2 aliphatic rings. The number of ether oxygens (including phenoxy) is 1. The van der Waals surface area contributed by atoms with E-state index < -0.39 is 0 Å². The second-order valence-corrected chi connectivity index (χ2v) is 5.94. The monoisotopic (exact) mass is 263 g/mol. The summed E-state index contributed by atoms with van der Waals surface area (Å²) in [7, 11) is 1.43. The van der Waals surface area contributed by atoms with Gasteiger partial charge in [-0.25, -0.2) is 4.79 Å². The Morgan fingerprint density at radius 1 is 1.26 bits per heavy atom. The molecule has 0 N–H and O–H groups in total. The molecule has 104 valence electrons. The van der Waals surface area contributed by atoms with Crippen LogP contribution in [0.4, 0.5) is 0 Å². The van der Waals surface area contributed by atoms with Crippen molar-refractivity contribution in [3.63, 3.8) is 0 Å². The van der Waals surface area contributed by atoms with Crippen LogP contribution >= 0.6 is 0 Å². The lowest BCUT2D eigenvalue weighted by Gasteiger charge is -2.27. The van der Waals surface area contributed by atoms with Gasteiger partial charge >= 0.3 is 5.97 Å². The number of hydrogen-bond donors (Lipinski definition) is 0. The number of rotatable bonds is 3. The third-order valence-corrected chi connectivity index (χ3v) is 4.55. The van der Waals surface area contributed by atoms with Crippen LogP contribution in [-0.4, -0.2) is 18.2 Å². The third kappa shape index (κ3) is 2.28. The second-order valence-electron chi connectivity index (χ2n) is 5.94. The molecule has 1 aromatic rings. The van der Waals surface area contributed by atoms with Crippen LogP contribution in [0.1, 0.15) is 79.1 Å². The Morgan fingerprint density at radius 3 is 2.63 bits per heavy atom. The molecule has 2 atom stereocenters. The molecule has 2 saturated carbocycles. The Hall–Kier alpha value is -1.32. The van der Waals surface area contributed by atoms with E-state index >= 15 is 0 Å². The Morgan fingerprint density at radius 2 is 2.00 bits per heavy atom. The molecule has 2 fully saturated rings. The van der Waals surface area contributed by atoms with E-state index in [1.807, 2.05) is 0 Å². The normalized spacial score (nSPS) is 27.3. The van der Waals surface area contributed by atoms with Gasteiger partial charge in [-0.3, -0.25) is 0 Å². The van der Waals surface area contributed by atoms with Crippen molar-refractivity contribution in [2.45, 2.75) is 57.3 Å². The largest absolute Gasteiger partial charge is 0.465 e. The van der Waals surface area contributed by atoms with Gasteiger partial charge in [0.15, 0.2) is 5.76 Å². The highest BCUT2D eigenvalue weighted by atomic mass is 16.5. The van der Waals surface area contributed by atoms with Crippen molar-refractivity contribution in [1.29, 1.82) is 0 Å². The summed E-state index contributed by atoms with van der Waals surface area (Å²) in [6, 6.07) is 0. The molecule has 3 rings (SSSR count). The van der Waals surface area contributed by atoms with E-state index in [1.54, 1.807) is 0 Å². The lowest BCUT2D eigenvalue weighted by molar-refractivity contribution is 0.0595. The van der Waals surface area contributed by atoms with Crippen molar-refractivity contribution < 1.29 is 14.1 Å². The zero-order valence-electron chi connectivity index (χ0n) is 11.6. The zero-order chi connectivity index (χ0) is 13.4. The number of esters is 1. The van der Waals surface area contributed by atoms with Gasteiger partial charge in [0.2, 0.25) is 0 Å². The minimum absolute atomic E-state index is 0.282. The smallest absolute Gasteiger partial charge is 0.343 e. The lowest BCUT2D eigenvalue weighted by atomic mass is 9.77. The molecule has 1 heterocycles. The standard InChI is InChI=1S/C15H21NO3/c1-9-5-3-4-6-11(9)13-12(15(17)18-2)14(19-16-13)10-7-8-10/h9-11H,3-8H2,1-2H3. The van der Waals surface area contributed by atoms with Crippen LogP contribution in [-0.2, 0) is 4.74 Å². The molecular weight excluding hydrogens is 242 g/mol. The summed E-state index contributed by atoms with van der Waals surface area (Å²) in [6.07, 6.45) is 6.98. The van der Waals surface area contributed by atoms with Gasteiger partial charge in [-0.15, -0.1) is 0 Å². The van der Waals surface area contributed by atoms with Crippen LogP contribution in [0.2, 0.25) is 0 Å². The van der Waals surface area contributed by atoms with E-state index in [9.17, 15) is 4.79 Å². The summed E-state index contributed by atoms with van der Waals surface area (Å²) < 4.78 is 10.4. The van der Waals surface area contributed by atoms with E-state index in [2.05, 4.69) is 12.1 Å². The number of hydrogen-bond acceptors (Lipinski definition) is 4. The molecule has 0 spiro atoms. The van der Waals surface area contributed by atoms with E-state index in [-0.39, 0.29) is 5.97 Å². The fraction of sp³-hybridized carbons (Fsp3) is 0.733. The maximum Gasteiger partial charge on any atom is 0.343 e. The molecule has 0 amide bonds. The summed E-state index contributed by atoms with van der Waals surface area (Å²) in [6.45, 7) is 2.25. The molecule has 0 aromatic carbocycles. The summed E-state index contributed by atoms with van der Waals surface area (Å²) in [4.78, 5) is 12.1. The Bertz CT molecular complexity index is 476. The van der Waals surface area contributed by atoms with Crippen LogP contribution < -0.4 is 0 Å². The van der Waals surface area contributed by atoms with Crippen molar-refractivity contribution in [2.75, 3.05) is 7.11 Å². The molecule has 2 aliphatic carbocycles. The van der Waals surface area contributed by atoms with Crippen molar-refractivity contribution in [2.24, 2.45) is 5.92 Å². The van der Waals surface area contributed by atoms with Gasteiger partial charge in [0.1, 0.15) is 11.3 Å². The number of aromatic nitrogens is 1. The first-order valence-electron chi connectivity index (χ1n) is 7.30. The fourth-order valence-corrected chi connectivity index (χ4v) is 3.22. The van der Waals surface area contributed by atoms with Crippen molar-refractivity contribution in [3.05, 3.63) is 17.0 Å². The number of methoxy groups -OCH3 is 1. The predicted octanol–water partition coefficient (Wildman–Crippen LogP) is 3.63. The fourth-order valence-electron chi connectivity index (χ4n) is 3.22. The number of carbonyl (C=O) groups excluding carboxylic acids is 1. The van der Waals surface area contributed by atoms with Gasteiger partial charge in [-0.05, 0) is 25.2 Å².